The van der Waals surface area contributed by atoms with Crippen LogP contribution in [0.5, 0.6) is 0 Å². The predicted octanol–water partition coefficient (Wildman–Crippen LogP) is 1.53. The predicted molar refractivity (Wildman–Crippen MR) is 78.0 cm³/mol. The van der Waals surface area contributed by atoms with Crippen molar-refractivity contribution in [1.82, 2.24) is 4.72 Å². The SMILES string of the molecule is COC1C(C)C(NS(=O)(=O)CCC2CCCO2)C1(C)C. The first-order valence-electron chi connectivity index (χ1n) is 7.42. The summed E-state index contributed by atoms with van der Waals surface area (Å²) in [6, 6.07) is -0.0538. The fraction of sp³-hybridized carbons (Fsp3) is 1.00. The van der Waals surface area contributed by atoms with Crippen LogP contribution in [0.15, 0.2) is 0 Å². The molecule has 20 heavy (non-hydrogen) atoms. The van der Waals surface area contributed by atoms with Crippen molar-refractivity contribution >= 4 is 10.0 Å². The van der Waals surface area contributed by atoms with E-state index < -0.39 is 10.0 Å². The molecule has 4 unspecified atom stereocenters. The summed E-state index contributed by atoms with van der Waals surface area (Å²) in [5.74, 6) is 0.349. The lowest BCUT2D eigenvalue weighted by molar-refractivity contribution is -0.138. The third-order valence-electron chi connectivity index (χ3n) is 4.83. The molecule has 0 amide bonds. The highest BCUT2D eigenvalue weighted by atomic mass is 32.2. The molecular formula is C14H27NO4S. The Labute approximate surface area is 122 Å². The van der Waals surface area contributed by atoms with E-state index in [1.165, 1.54) is 0 Å². The molecule has 1 saturated heterocycles. The minimum Gasteiger partial charge on any atom is -0.380 e. The Morgan fingerprint density at radius 3 is 2.60 bits per heavy atom. The third kappa shape index (κ3) is 3.18. The summed E-state index contributed by atoms with van der Waals surface area (Å²) in [6.45, 7) is 6.90. The zero-order valence-corrected chi connectivity index (χ0v) is 13.7. The van der Waals surface area contributed by atoms with Crippen molar-refractivity contribution in [3.8, 4) is 0 Å². The van der Waals surface area contributed by atoms with Crippen LogP contribution < -0.4 is 4.72 Å². The molecule has 1 heterocycles. The van der Waals surface area contributed by atoms with Crippen LogP contribution >= 0.6 is 0 Å². The van der Waals surface area contributed by atoms with Crippen LogP contribution in [0.4, 0.5) is 0 Å². The highest BCUT2D eigenvalue weighted by molar-refractivity contribution is 7.89. The van der Waals surface area contributed by atoms with Gasteiger partial charge in [-0.05, 0) is 25.2 Å². The van der Waals surface area contributed by atoms with Gasteiger partial charge in [0.15, 0.2) is 0 Å². The van der Waals surface area contributed by atoms with Gasteiger partial charge in [0.2, 0.25) is 10.0 Å². The van der Waals surface area contributed by atoms with E-state index in [1.54, 1.807) is 7.11 Å². The molecule has 0 bridgehead atoms. The van der Waals surface area contributed by atoms with Gasteiger partial charge in [-0.15, -0.1) is 0 Å². The van der Waals surface area contributed by atoms with E-state index in [9.17, 15) is 8.42 Å². The van der Waals surface area contributed by atoms with Crippen molar-refractivity contribution in [3.05, 3.63) is 0 Å². The lowest BCUT2D eigenvalue weighted by Crippen LogP contribution is -2.68. The van der Waals surface area contributed by atoms with Gasteiger partial charge in [-0.2, -0.15) is 0 Å². The summed E-state index contributed by atoms with van der Waals surface area (Å²) < 4.78 is 38.2. The minimum atomic E-state index is -3.25. The molecule has 0 aromatic carbocycles. The minimum absolute atomic E-state index is 0.0538. The van der Waals surface area contributed by atoms with Crippen molar-refractivity contribution in [2.24, 2.45) is 11.3 Å². The Morgan fingerprint density at radius 2 is 2.10 bits per heavy atom. The zero-order chi connectivity index (χ0) is 15.0. The van der Waals surface area contributed by atoms with E-state index in [0.717, 1.165) is 19.4 Å². The molecule has 1 aliphatic carbocycles. The third-order valence-corrected chi connectivity index (χ3v) is 6.22. The monoisotopic (exact) mass is 305 g/mol. The van der Waals surface area contributed by atoms with Crippen molar-refractivity contribution in [1.29, 1.82) is 0 Å². The van der Waals surface area contributed by atoms with E-state index in [1.807, 2.05) is 6.92 Å². The van der Waals surface area contributed by atoms with Crippen LogP contribution in [0.1, 0.15) is 40.0 Å². The number of nitrogens with one attached hydrogen (secondary N) is 1. The number of ether oxygens (including phenoxy) is 2. The van der Waals surface area contributed by atoms with Gasteiger partial charge in [0.05, 0.1) is 18.0 Å². The summed E-state index contributed by atoms with van der Waals surface area (Å²) >= 11 is 0. The fourth-order valence-corrected chi connectivity index (χ4v) is 5.37. The first-order valence-corrected chi connectivity index (χ1v) is 9.07. The second-order valence-electron chi connectivity index (χ2n) is 6.67. The molecule has 4 atom stereocenters. The van der Waals surface area contributed by atoms with E-state index in [2.05, 4.69) is 18.6 Å². The average molecular weight is 305 g/mol. The average Bonchev–Trinajstić information content (AvgIpc) is 2.87. The first-order chi connectivity index (χ1) is 9.28. The molecular weight excluding hydrogens is 278 g/mol. The van der Waals surface area contributed by atoms with Crippen LogP contribution in [0.25, 0.3) is 0 Å². The molecule has 6 heteroatoms. The largest absolute Gasteiger partial charge is 0.380 e. The molecule has 2 fully saturated rings. The van der Waals surface area contributed by atoms with E-state index in [0.29, 0.717) is 6.42 Å². The summed E-state index contributed by atoms with van der Waals surface area (Å²) in [7, 11) is -1.56. The molecule has 0 radical (unpaired) electrons. The van der Waals surface area contributed by atoms with Gasteiger partial charge in [0.25, 0.3) is 0 Å². The summed E-state index contributed by atoms with van der Waals surface area (Å²) in [5.41, 5.74) is -0.162. The topological polar surface area (TPSA) is 64.6 Å². The Bertz CT molecular complexity index is 428. The molecule has 118 valence electrons. The van der Waals surface area contributed by atoms with Crippen molar-refractivity contribution in [2.45, 2.75) is 58.3 Å². The van der Waals surface area contributed by atoms with Gasteiger partial charge in [0, 0.05) is 25.2 Å². The molecule has 0 spiro atoms. The maximum absolute atomic E-state index is 12.2. The van der Waals surface area contributed by atoms with Crippen LogP contribution in [0.2, 0.25) is 0 Å². The number of methoxy groups -OCH3 is 1. The first kappa shape index (κ1) is 16.2. The highest BCUT2D eigenvalue weighted by Gasteiger charge is 2.55. The molecule has 5 nitrogen and oxygen atoms in total. The van der Waals surface area contributed by atoms with Crippen LogP contribution in [0.3, 0.4) is 0 Å². The number of hydrogen-bond donors (Lipinski definition) is 1. The molecule has 0 aromatic rings. The van der Waals surface area contributed by atoms with Gasteiger partial charge < -0.3 is 9.47 Å². The molecule has 2 aliphatic rings. The van der Waals surface area contributed by atoms with Gasteiger partial charge in [0.1, 0.15) is 0 Å². The normalized spacial score (nSPS) is 36.8. The van der Waals surface area contributed by atoms with Crippen LogP contribution in [-0.4, -0.2) is 46.1 Å². The van der Waals surface area contributed by atoms with Crippen LogP contribution in [0, 0.1) is 11.3 Å². The Hall–Kier alpha value is -0.170. The second-order valence-corrected chi connectivity index (χ2v) is 8.55. The zero-order valence-electron chi connectivity index (χ0n) is 12.9. The van der Waals surface area contributed by atoms with E-state index >= 15 is 0 Å². The number of hydrogen-bond acceptors (Lipinski definition) is 4. The molecule has 1 N–H and O–H groups in total. The highest BCUT2D eigenvalue weighted by Crippen LogP contribution is 2.47. The molecule has 1 saturated carbocycles. The summed E-state index contributed by atoms with van der Waals surface area (Å²) in [5, 5.41) is 0. The van der Waals surface area contributed by atoms with Gasteiger partial charge in [-0.1, -0.05) is 20.8 Å². The quantitative estimate of drug-likeness (QED) is 0.808. The number of rotatable bonds is 6. The maximum Gasteiger partial charge on any atom is 0.211 e. The Kier molecular flexibility index (Phi) is 4.79. The lowest BCUT2D eigenvalue weighted by atomic mass is 9.58. The lowest BCUT2D eigenvalue weighted by Gasteiger charge is -2.56. The summed E-state index contributed by atoms with van der Waals surface area (Å²) in [4.78, 5) is 0. The smallest absolute Gasteiger partial charge is 0.211 e. The summed E-state index contributed by atoms with van der Waals surface area (Å²) in [6.07, 6.45) is 2.83. The maximum atomic E-state index is 12.2. The van der Waals surface area contributed by atoms with Gasteiger partial charge >= 0.3 is 0 Å². The Balaban J connectivity index is 1.88. The van der Waals surface area contributed by atoms with Crippen molar-refractivity contribution in [3.63, 3.8) is 0 Å². The van der Waals surface area contributed by atoms with E-state index in [4.69, 9.17) is 9.47 Å². The van der Waals surface area contributed by atoms with Gasteiger partial charge in [-0.25, -0.2) is 13.1 Å². The second kappa shape index (κ2) is 5.91. The number of sulfonamides is 1. The van der Waals surface area contributed by atoms with E-state index in [-0.39, 0.29) is 35.3 Å². The fourth-order valence-electron chi connectivity index (χ4n) is 3.78. The Morgan fingerprint density at radius 1 is 1.40 bits per heavy atom. The molecule has 0 aromatic heterocycles. The van der Waals surface area contributed by atoms with Crippen molar-refractivity contribution < 1.29 is 17.9 Å². The van der Waals surface area contributed by atoms with Crippen LogP contribution in [-0.2, 0) is 19.5 Å². The molecule has 1 aliphatic heterocycles. The molecule has 2 rings (SSSR count). The van der Waals surface area contributed by atoms with Gasteiger partial charge in [-0.3, -0.25) is 0 Å². The standard InChI is InChI=1S/C14H27NO4S/c1-10-12(14(2,3)13(10)18-4)15-20(16,17)9-7-11-6-5-8-19-11/h10-13,15H,5-9H2,1-4H3. The van der Waals surface area contributed by atoms with Crippen molar-refractivity contribution in [2.75, 3.05) is 19.5 Å².